The number of alkyl halides is 3. The highest BCUT2D eigenvalue weighted by molar-refractivity contribution is 6.33. The number of aromatic nitrogens is 1. The maximum atomic E-state index is 12.9. The van der Waals surface area contributed by atoms with Crippen molar-refractivity contribution >= 4 is 11.6 Å². The summed E-state index contributed by atoms with van der Waals surface area (Å²) in [6, 6.07) is 6.33. The van der Waals surface area contributed by atoms with E-state index in [9.17, 15) is 18.3 Å². The lowest BCUT2D eigenvalue weighted by atomic mass is 10.0. The van der Waals surface area contributed by atoms with Crippen molar-refractivity contribution in [1.29, 1.82) is 0 Å². The number of rotatable bonds is 4. The SMILES string of the molecule is COc1ccc(CN2CCCC(O)C2)cc1-c1ncc(C(F)(F)F)cc1Cl. The van der Waals surface area contributed by atoms with Crippen LogP contribution in [-0.4, -0.2) is 41.3 Å². The number of aliphatic hydroxyl groups is 1. The van der Waals surface area contributed by atoms with Crippen LogP contribution in [0.4, 0.5) is 13.2 Å². The molecule has 146 valence electrons. The van der Waals surface area contributed by atoms with E-state index in [1.54, 1.807) is 6.07 Å². The van der Waals surface area contributed by atoms with Crippen molar-refractivity contribution in [2.75, 3.05) is 20.2 Å². The van der Waals surface area contributed by atoms with Crippen LogP contribution in [0.25, 0.3) is 11.3 Å². The monoisotopic (exact) mass is 400 g/mol. The Morgan fingerprint density at radius 2 is 2.11 bits per heavy atom. The van der Waals surface area contributed by atoms with Gasteiger partial charge in [0.2, 0.25) is 0 Å². The van der Waals surface area contributed by atoms with E-state index in [-0.39, 0.29) is 16.8 Å². The summed E-state index contributed by atoms with van der Waals surface area (Å²) in [5, 5.41) is 9.73. The van der Waals surface area contributed by atoms with Gasteiger partial charge in [-0.15, -0.1) is 0 Å². The van der Waals surface area contributed by atoms with Gasteiger partial charge in [0.1, 0.15) is 5.75 Å². The Kier molecular flexibility index (Phi) is 5.93. The molecule has 0 saturated carbocycles. The first-order valence-corrected chi connectivity index (χ1v) is 8.96. The molecule has 1 saturated heterocycles. The fourth-order valence-corrected chi connectivity index (χ4v) is 3.53. The fraction of sp³-hybridized carbons (Fsp3) is 0.421. The van der Waals surface area contributed by atoms with Gasteiger partial charge in [0.25, 0.3) is 0 Å². The second-order valence-corrected chi connectivity index (χ2v) is 7.03. The highest BCUT2D eigenvalue weighted by Gasteiger charge is 2.32. The number of β-amino-alcohol motifs (C(OH)–C–C–N with tert-alkyl or cyclic N) is 1. The molecule has 1 aliphatic heterocycles. The number of hydrogen-bond acceptors (Lipinski definition) is 4. The summed E-state index contributed by atoms with van der Waals surface area (Å²) in [5.74, 6) is 0.478. The molecule has 1 unspecified atom stereocenters. The van der Waals surface area contributed by atoms with E-state index in [1.807, 2.05) is 12.1 Å². The van der Waals surface area contributed by atoms with Crippen LogP contribution in [0.3, 0.4) is 0 Å². The van der Waals surface area contributed by atoms with Gasteiger partial charge in [0, 0.05) is 24.8 Å². The van der Waals surface area contributed by atoms with Crippen LogP contribution in [0.2, 0.25) is 5.02 Å². The number of benzene rings is 1. The Labute approximate surface area is 160 Å². The minimum absolute atomic E-state index is 0.0892. The van der Waals surface area contributed by atoms with E-state index in [0.29, 0.717) is 24.4 Å². The third kappa shape index (κ3) is 4.72. The van der Waals surface area contributed by atoms with Crippen molar-refractivity contribution in [2.45, 2.75) is 31.7 Å². The fourth-order valence-electron chi connectivity index (χ4n) is 3.26. The van der Waals surface area contributed by atoms with Gasteiger partial charge in [0.15, 0.2) is 0 Å². The Morgan fingerprint density at radius 1 is 1.33 bits per heavy atom. The molecule has 0 amide bonds. The number of methoxy groups -OCH3 is 1. The number of piperidine rings is 1. The van der Waals surface area contributed by atoms with Gasteiger partial charge < -0.3 is 9.84 Å². The zero-order valence-corrected chi connectivity index (χ0v) is 15.5. The van der Waals surface area contributed by atoms with Crippen molar-refractivity contribution in [1.82, 2.24) is 9.88 Å². The van der Waals surface area contributed by atoms with Crippen molar-refractivity contribution in [3.05, 3.63) is 46.6 Å². The molecular formula is C19H20ClF3N2O2. The number of hydrogen-bond donors (Lipinski definition) is 1. The van der Waals surface area contributed by atoms with Crippen LogP contribution in [0, 0.1) is 0 Å². The molecule has 0 spiro atoms. The highest BCUT2D eigenvalue weighted by Crippen LogP contribution is 2.37. The molecule has 1 aromatic heterocycles. The topological polar surface area (TPSA) is 45.6 Å². The first-order chi connectivity index (χ1) is 12.8. The molecule has 0 radical (unpaired) electrons. The molecule has 1 aromatic carbocycles. The Morgan fingerprint density at radius 3 is 2.74 bits per heavy atom. The number of aliphatic hydroxyl groups excluding tert-OH is 1. The highest BCUT2D eigenvalue weighted by atomic mass is 35.5. The van der Waals surface area contributed by atoms with E-state index in [2.05, 4.69) is 9.88 Å². The van der Waals surface area contributed by atoms with E-state index >= 15 is 0 Å². The van der Waals surface area contributed by atoms with Crippen LogP contribution in [0.5, 0.6) is 5.75 Å². The van der Waals surface area contributed by atoms with Gasteiger partial charge in [-0.1, -0.05) is 17.7 Å². The van der Waals surface area contributed by atoms with Crippen LogP contribution in [0.1, 0.15) is 24.0 Å². The standard InChI is InChI=1S/C19H20ClF3N2O2/c1-27-17-5-4-12(10-25-6-2-3-14(26)11-25)7-15(17)18-16(20)8-13(9-24-18)19(21,22)23/h4-5,7-9,14,26H,2-3,6,10-11H2,1H3. The van der Waals surface area contributed by atoms with E-state index in [4.69, 9.17) is 16.3 Å². The van der Waals surface area contributed by atoms with Gasteiger partial charge in [-0.3, -0.25) is 9.88 Å². The molecule has 3 rings (SSSR count). The van der Waals surface area contributed by atoms with E-state index in [1.165, 1.54) is 7.11 Å². The van der Waals surface area contributed by atoms with Crippen molar-refractivity contribution in [3.8, 4) is 17.0 Å². The van der Waals surface area contributed by atoms with Crippen molar-refractivity contribution in [3.63, 3.8) is 0 Å². The molecule has 0 bridgehead atoms. The summed E-state index contributed by atoms with van der Waals surface area (Å²) in [6.45, 7) is 2.10. The maximum Gasteiger partial charge on any atom is 0.417 e. The summed E-state index contributed by atoms with van der Waals surface area (Å²) in [6.07, 6.45) is -2.33. The Balaban J connectivity index is 1.92. The van der Waals surface area contributed by atoms with Gasteiger partial charge in [0.05, 0.1) is 29.5 Å². The smallest absolute Gasteiger partial charge is 0.417 e. The zero-order valence-electron chi connectivity index (χ0n) is 14.8. The lowest BCUT2D eigenvalue weighted by Gasteiger charge is -2.30. The summed E-state index contributed by atoms with van der Waals surface area (Å²) in [4.78, 5) is 6.08. The number of nitrogens with zero attached hydrogens (tertiary/aromatic N) is 2. The third-order valence-electron chi connectivity index (χ3n) is 4.57. The molecule has 1 N–H and O–H groups in total. The second-order valence-electron chi connectivity index (χ2n) is 6.62. The van der Waals surface area contributed by atoms with Crippen LogP contribution >= 0.6 is 11.6 Å². The second kappa shape index (κ2) is 8.04. The number of likely N-dealkylation sites (tertiary alicyclic amines) is 1. The van der Waals surface area contributed by atoms with Crippen LogP contribution in [-0.2, 0) is 12.7 Å². The normalized spacial score (nSPS) is 18.5. The number of halogens is 4. The maximum absolute atomic E-state index is 12.9. The quantitative estimate of drug-likeness (QED) is 0.827. The van der Waals surface area contributed by atoms with Gasteiger partial charge in [-0.25, -0.2) is 0 Å². The Bertz CT molecular complexity index is 814. The van der Waals surface area contributed by atoms with Crippen molar-refractivity contribution < 1.29 is 23.0 Å². The average molecular weight is 401 g/mol. The first-order valence-electron chi connectivity index (χ1n) is 8.58. The summed E-state index contributed by atoms with van der Waals surface area (Å²) >= 11 is 6.10. The zero-order chi connectivity index (χ0) is 19.6. The molecule has 4 nitrogen and oxygen atoms in total. The minimum Gasteiger partial charge on any atom is -0.496 e. The number of pyridine rings is 1. The molecule has 2 heterocycles. The molecular weight excluding hydrogens is 381 g/mol. The van der Waals surface area contributed by atoms with Gasteiger partial charge in [-0.05, 0) is 43.1 Å². The molecule has 27 heavy (non-hydrogen) atoms. The average Bonchev–Trinajstić information content (AvgIpc) is 2.61. The summed E-state index contributed by atoms with van der Waals surface area (Å²) < 4.78 is 43.9. The first kappa shape index (κ1) is 19.9. The lowest BCUT2D eigenvalue weighted by Crippen LogP contribution is -2.37. The van der Waals surface area contributed by atoms with Crippen molar-refractivity contribution in [2.24, 2.45) is 0 Å². The summed E-state index contributed by atoms with van der Waals surface area (Å²) in [7, 11) is 1.48. The molecule has 1 aliphatic rings. The van der Waals surface area contributed by atoms with Crippen LogP contribution < -0.4 is 4.74 Å². The molecule has 2 aromatic rings. The van der Waals surface area contributed by atoms with E-state index < -0.39 is 11.7 Å². The number of ether oxygens (including phenoxy) is 1. The minimum atomic E-state index is -4.50. The largest absolute Gasteiger partial charge is 0.496 e. The molecule has 0 aliphatic carbocycles. The molecule has 8 heteroatoms. The van der Waals surface area contributed by atoms with Gasteiger partial charge in [-0.2, -0.15) is 13.2 Å². The van der Waals surface area contributed by atoms with Crippen LogP contribution in [0.15, 0.2) is 30.5 Å². The summed E-state index contributed by atoms with van der Waals surface area (Å²) in [5.41, 5.74) is 0.819. The van der Waals surface area contributed by atoms with Gasteiger partial charge >= 0.3 is 6.18 Å². The third-order valence-corrected chi connectivity index (χ3v) is 4.86. The predicted octanol–water partition coefficient (Wildman–Crippen LogP) is 4.39. The Hall–Kier alpha value is -1.83. The molecule has 1 fully saturated rings. The predicted molar refractivity (Wildman–Crippen MR) is 96.8 cm³/mol. The lowest BCUT2D eigenvalue weighted by molar-refractivity contribution is -0.137. The molecule has 1 atom stereocenters. The van der Waals surface area contributed by atoms with E-state index in [0.717, 1.165) is 37.2 Å².